The zero-order chi connectivity index (χ0) is 16.4. The maximum absolute atomic E-state index is 12.2. The van der Waals surface area contributed by atoms with Gasteiger partial charge in [0, 0.05) is 0 Å². The van der Waals surface area contributed by atoms with Crippen LogP contribution in [0.2, 0.25) is 0 Å². The quantitative estimate of drug-likeness (QED) is 0.908. The smallest absolute Gasteiger partial charge is 0.206 e. The Labute approximate surface area is 130 Å². The normalized spacial score (nSPS) is 12.0. The molecule has 2 aromatic carbocycles. The summed E-state index contributed by atoms with van der Waals surface area (Å²) < 4.78 is 50.4. The third-order valence-electron chi connectivity index (χ3n) is 2.98. The number of aryl methyl sites for hydroxylation is 1. The minimum absolute atomic E-state index is 0.107. The van der Waals surface area contributed by atoms with Crippen molar-refractivity contribution in [2.24, 2.45) is 0 Å². The molecule has 0 aliphatic rings. The lowest BCUT2D eigenvalue weighted by molar-refractivity contribution is 0.577. The molecule has 0 fully saturated rings. The van der Waals surface area contributed by atoms with E-state index in [0.717, 1.165) is 11.1 Å². The van der Waals surface area contributed by atoms with Crippen LogP contribution >= 0.6 is 0 Å². The molecule has 7 heteroatoms. The van der Waals surface area contributed by atoms with Gasteiger partial charge in [-0.3, -0.25) is 0 Å². The summed E-state index contributed by atoms with van der Waals surface area (Å²) in [5.41, 5.74) is 1.61. The number of nitrogens with one attached hydrogen (secondary N) is 1. The van der Waals surface area contributed by atoms with Gasteiger partial charge in [0.25, 0.3) is 20.0 Å². The maximum Gasteiger partial charge on any atom is 0.253 e. The number of sulfonamides is 2. The first-order valence-electron chi connectivity index (χ1n) is 6.32. The molecule has 2 rings (SSSR count). The maximum atomic E-state index is 12.2. The Kier molecular flexibility index (Phi) is 4.50. The molecular formula is C15H15NO4S2. The first-order valence-corrected chi connectivity index (χ1v) is 9.29. The molecule has 0 heterocycles. The van der Waals surface area contributed by atoms with Crippen molar-refractivity contribution in [1.82, 2.24) is 4.13 Å². The van der Waals surface area contributed by atoms with Gasteiger partial charge in [-0.05, 0) is 36.8 Å². The predicted molar refractivity (Wildman–Crippen MR) is 85.2 cm³/mol. The lowest BCUT2D eigenvalue weighted by Gasteiger charge is -2.08. The van der Waals surface area contributed by atoms with Crippen LogP contribution in [-0.2, 0) is 20.0 Å². The van der Waals surface area contributed by atoms with Gasteiger partial charge in [0.2, 0.25) is 0 Å². The van der Waals surface area contributed by atoms with Crippen LogP contribution in [0.3, 0.4) is 0 Å². The molecule has 0 radical (unpaired) electrons. The summed E-state index contributed by atoms with van der Waals surface area (Å²) in [5.74, 6) is 0. The minimum atomic E-state index is -4.17. The van der Waals surface area contributed by atoms with Crippen LogP contribution in [0.25, 0.3) is 6.08 Å². The Morgan fingerprint density at radius 1 is 0.818 bits per heavy atom. The van der Waals surface area contributed by atoms with Crippen molar-refractivity contribution < 1.29 is 16.8 Å². The van der Waals surface area contributed by atoms with Gasteiger partial charge in [-0.1, -0.05) is 42.5 Å². The molecule has 0 saturated heterocycles. The van der Waals surface area contributed by atoms with Gasteiger partial charge in [-0.25, -0.2) is 16.8 Å². The number of rotatable bonds is 5. The van der Waals surface area contributed by atoms with Crippen molar-refractivity contribution >= 4 is 26.1 Å². The van der Waals surface area contributed by atoms with E-state index in [1.54, 1.807) is 34.5 Å². The monoisotopic (exact) mass is 337 g/mol. The summed E-state index contributed by atoms with van der Waals surface area (Å²) in [7, 11) is -8.33. The topological polar surface area (TPSA) is 80.3 Å². The standard InChI is InChI=1S/C15H15NO4S2/c1-3-13-6-10-15(11-7-13)22(19,20)16-21(17,18)14-8-4-12(2)5-9-14/h3-11,16H,1H2,2H3. The van der Waals surface area contributed by atoms with Crippen LogP contribution < -0.4 is 4.13 Å². The van der Waals surface area contributed by atoms with Crippen LogP contribution in [0.1, 0.15) is 11.1 Å². The van der Waals surface area contributed by atoms with E-state index in [-0.39, 0.29) is 9.79 Å². The van der Waals surface area contributed by atoms with Crippen molar-refractivity contribution in [3.8, 4) is 0 Å². The molecular weight excluding hydrogens is 322 g/mol. The fraction of sp³-hybridized carbons (Fsp3) is 0.0667. The molecule has 2 aromatic rings. The molecule has 0 aliphatic heterocycles. The molecule has 0 amide bonds. The highest BCUT2D eigenvalue weighted by molar-refractivity contribution is 8.04. The number of hydrogen-bond donors (Lipinski definition) is 1. The Morgan fingerprint density at radius 2 is 1.23 bits per heavy atom. The highest BCUT2D eigenvalue weighted by Crippen LogP contribution is 2.15. The van der Waals surface area contributed by atoms with E-state index in [1.807, 2.05) is 6.92 Å². The van der Waals surface area contributed by atoms with Crippen LogP contribution in [0.5, 0.6) is 0 Å². The Morgan fingerprint density at radius 3 is 1.64 bits per heavy atom. The van der Waals surface area contributed by atoms with Gasteiger partial charge < -0.3 is 0 Å². The molecule has 5 nitrogen and oxygen atoms in total. The Hall–Kier alpha value is -1.96. The van der Waals surface area contributed by atoms with Crippen molar-refractivity contribution in [2.75, 3.05) is 0 Å². The third-order valence-corrected chi connectivity index (χ3v) is 6.52. The summed E-state index contributed by atoms with van der Waals surface area (Å²) in [6.45, 7) is 5.38. The summed E-state index contributed by atoms with van der Waals surface area (Å²) in [6, 6.07) is 11.6. The van der Waals surface area contributed by atoms with E-state index >= 15 is 0 Å². The highest BCUT2D eigenvalue weighted by Gasteiger charge is 2.24. The molecule has 0 atom stereocenters. The second-order valence-electron chi connectivity index (χ2n) is 4.68. The van der Waals surface area contributed by atoms with Crippen molar-refractivity contribution in [3.05, 3.63) is 66.2 Å². The molecule has 1 N–H and O–H groups in total. The van der Waals surface area contributed by atoms with Crippen LogP contribution in [0.4, 0.5) is 0 Å². The van der Waals surface area contributed by atoms with Crippen molar-refractivity contribution in [3.63, 3.8) is 0 Å². The highest BCUT2D eigenvalue weighted by atomic mass is 32.3. The van der Waals surface area contributed by atoms with E-state index in [1.165, 1.54) is 24.3 Å². The van der Waals surface area contributed by atoms with E-state index in [9.17, 15) is 16.8 Å². The number of hydrogen-bond acceptors (Lipinski definition) is 4. The van der Waals surface area contributed by atoms with Crippen LogP contribution in [-0.4, -0.2) is 16.8 Å². The zero-order valence-electron chi connectivity index (χ0n) is 11.9. The minimum Gasteiger partial charge on any atom is -0.206 e. The molecule has 0 aromatic heterocycles. The molecule has 0 unspecified atom stereocenters. The third kappa shape index (κ3) is 3.62. The predicted octanol–water partition coefficient (Wildman–Crippen LogP) is 2.31. The summed E-state index contributed by atoms with van der Waals surface area (Å²) >= 11 is 0. The van der Waals surface area contributed by atoms with E-state index in [2.05, 4.69) is 6.58 Å². The Bertz CT molecular complexity index is 882. The van der Waals surface area contributed by atoms with Crippen molar-refractivity contribution in [2.45, 2.75) is 16.7 Å². The fourth-order valence-electron chi connectivity index (χ4n) is 1.74. The SMILES string of the molecule is C=Cc1ccc(S(=O)(=O)NS(=O)(=O)c2ccc(C)cc2)cc1. The first kappa shape index (κ1) is 16.4. The van der Waals surface area contributed by atoms with Gasteiger partial charge in [-0.2, -0.15) is 0 Å². The largest absolute Gasteiger partial charge is 0.253 e. The second kappa shape index (κ2) is 6.04. The molecule has 0 spiro atoms. The van der Waals surface area contributed by atoms with Crippen molar-refractivity contribution in [1.29, 1.82) is 0 Å². The van der Waals surface area contributed by atoms with Crippen LogP contribution in [0, 0.1) is 6.92 Å². The number of benzene rings is 2. The van der Waals surface area contributed by atoms with E-state index in [4.69, 9.17) is 0 Å². The second-order valence-corrected chi connectivity index (χ2v) is 8.30. The average molecular weight is 337 g/mol. The van der Waals surface area contributed by atoms with Gasteiger partial charge in [0.1, 0.15) is 0 Å². The zero-order valence-corrected chi connectivity index (χ0v) is 13.5. The lowest BCUT2D eigenvalue weighted by Crippen LogP contribution is -2.30. The van der Waals surface area contributed by atoms with Gasteiger partial charge in [-0.15, -0.1) is 4.13 Å². The van der Waals surface area contributed by atoms with E-state index < -0.39 is 20.0 Å². The van der Waals surface area contributed by atoms with Gasteiger partial charge in [0.15, 0.2) is 0 Å². The molecule has 22 heavy (non-hydrogen) atoms. The lowest BCUT2D eigenvalue weighted by atomic mass is 10.2. The van der Waals surface area contributed by atoms with Gasteiger partial charge >= 0.3 is 0 Å². The fourth-order valence-corrected chi connectivity index (χ4v) is 4.66. The molecule has 116 valence electrons. The first-order chi connectivity index (χ1) is 10.2. The van der Waals surface area contributed by atoms with Crippen LogP contribution in [0.15, 0.2) is 64.9 Å². The Balaban J connectivity index is 2.34. The molecule has 0 saturated carbocycles. The van der Waals surface area contributed by atoms with E-state index in [0.29, 0.717) is 0 Å². The summed E-state index contributed by atoms with van der Waals surface area (Å²) in [5, 5.41) is 0. The average Bonchev–Trinajstić information content (AvgIpc) is 2.46. The summed E-state index contributed by atoms with van der Waals surface area (Å²) in [6.07, 6.45) is 1.56. The summed E-state index contributed by atoms with van der Waals surface area (Å²) in [4.78, 5) is -0.238. The molecule has 0 bridgehead atoms. The van der Waals surface area contributed by atoms with Gasteiger partial charge in [0.05, 0.1) is 9.79 Å². The molecule has 0 aliphatic carbocycles.